The number of ether oxygens (including phenoxy) is 1. The van der Waals surface area contributed by atoms with Gasteiger partial charge < -0.3 is 25.0 Å². The molecule has 0 spiro atoms. The average Bonchev–Trinajstić information content (AvgIpc) is 2.71. The van der Waals surface area contributed by atoms with Gasteiger partial charge in [-0.15, -0.1) is 0 Å². The summed E-state index contributed by atoms with van der Waals surface area (Å²) in [7, 11) is 0. The van der Waals surface area contributed by atoms with Crippen LogP contribution in [0.15, 0.2) is 78.9 Å². The summed E-state index contributed by atoms with van der Waals surface area (Å²) in [5.41, 5.74) is 4.57. The summed E-state index contributed by atoms with van der Waals surface area (Å²) in [5.74, 6) is 1.54. The minimum absolute atomic E-state index is 0.143. The second-order valence-corrected chi connectivity index (χ2v) is 7.86. The molecule has 162 valence electrons. The molecule has 0 unspecified atom stereocenters. The first kappa shape index (κ1) is 21.1. The van der Waals surface area contributed by atoms with Crippen LogP contribution in [0.4, 0.5) is 17.1 Å². The highest BCUT2D eigenvalue weighted by Gasteiger charge is 2.20. The van der Waals surface area contributed by atoms with E-state index in [9.17, 15) is 15.3 Å². The molecule has 0 fully saturated rings. The largest absolute Gasteiger partial charge is 0.508 e. The van der Waals surface area contributed by atoms with Gasteiger partial charge >= 0.3 is 0 Å². The quantitative estimate of drug-likeness (QED) is 0.320. The second kappa shape index (κ2) is 8.55. The Kier molecular flexibility index (Phi) is 5.65. The summed E-state index contributed by atoms with van der Waals surface area (Å²) in [5, 5.41) is 30.7. The fourth-order valence-corrected chi connectivity index (χ4v) is 3.73. The molecule has 0 heterocycles. The Morgan fingerprint density at radius 3 is 1.78 bits per heavy atom. The summed E-state index contributed by atoms with van der Waals surface area (Å²) in [4.78, 5) is 1.92. The second-order valence-electron chi connectivity index (χ2n) is 7.86. The number of hydrogen-bond acceptors (Lipinski definition) is 5. The van der Waals surface area contributed by atoms with Crippen molar-refractivity contribution in [1.29, 1.82) is 0 Å². The number of para-hydroxylation sites is 2. The van der Waals surface area contributed by atoms with Gasteiger partial charge in [-0.1, -0.05) is 18.2 Å². The van der Waals surface area contributed by atoms with Gasteiger partial charge in [0.2, 0.25) is 0 Å². The van der Waals surface area contributed by atoms with E-state index in [-0.39, 0.29) is 17.2 Å². The molecule has 0 radical (unpaired) electrons. The van der Waals surface area contributed by atoms with Crippen molar-refractivity contribution in [2.24, 2.45) is 0 Å². The van der Waals surface area contributed by atoms with E-state index in [1.165, 1.54) is 0 Å². The van der Waals surface area contributed by atoms with Crippen LogP contribution in [0.25, 0.3) is 0 Å². The highest BCUT2D eigenvalue weighted by atomic mass is 16.5. The number of nitrogens with zero attached hydrogens (tertiary/aromatic N) is 1. The molecule has 0 saturated carbocycles. The van der Waals surface area contributed by atoms with Gasteiger partial charge in [0.15, 0.2) is 5.75 Å². The maximum absolute atomic E-state index is 10.3. The van der Waals surface area contributed by atoms with Gasteiger partial charge in [0, 0.05) is 17.7 Å². The number of hydrogen-bond donors (Lipinski definition) is 3. The Hall–Kier alpha value is -4.12. The molecule has 4 aromatic rings. The van der Waals surface area contributed by atoms with Crippen LogP contribution in [0.1, 0.15) is 16.7 Å². The first-order chi connectivity index (χ1) is 15.3. The molecule has 5 nitrogen and oxygen atoms in total. The number of aromatic hydroxyl groups is 3. The predicted molar refractivity (Wildman–Crippen MR) is 127 cm³/mol. The van der Waals surface area contributed by atoms with E-state index in [1.54, 1.807) is 49.4 Å². The molecule has 0 atom stereocenters. The SMILES string of the molecule is Cc1cc(O)cc(N(c2cc(C)cc(O)c2)c2ccccc2Oc2cccc(O)c2C)c1. The van der Waals surface area contributed by atoms with Crippen LogP contribution < -0.4 is 9.64 Å². The van der Waals surface area contributed by atoms with Gasteiger partial charge in [-0.3, -0.25) is 0 Å². The molecular formula is C27H25NO4. The zero-order valence-electron chi connectivity index (χ0n) is 18.2. The van der Waals surface area contributed by atoms with E-state index < -0.39 is 0 Å². The molecule has 3 N–H and O–H groups in total. The number of benzene rings is 4. The predicted octanol–water partition coefficient (Wildman–Crippen LogP) is 6.99. The summed E-state index contributed by atoms with van der Waals surface area (Å²) in [6.45, 7) is 5.61. The van der Waals surface area contributed by atoms with Crippen LogP contribution in [0, 0.1) is 20.8 Å². The molecule has 5 heteroatoms. The van der Waals surface area contributed by atoms with Crippen molar-refractivity contribution >= 4 is 17.1 Å². The van der Waals surface area contributed by atoms with Crippen LogP contribution in [-0.2, 0) is 0 Å². The van der Waals surface area contributed by atoms with Gasteiger partial charge in [-0.25, -0.2) is 0 Å². The van der Waals surface area contributed by atoms with Crippen molar-refractivity contribution in [1.82, 2.24) is 0 Å². The number of phenolic OH excluding ortho intramolecular Hbond substituents is 3. The smallest absolute Gasteiger partial charge is 0.151 e. The average molecular weight is 428 g/mol. The third kappa shape index (κ3) is 4.32. The lowest BCUT2D eigenvalue weighted by Crippen LogP contribution is -2.11. The molecule has 0 saturated heterocycles. The molecular weight excluding hydrogens is 402 g/mol. The van der Waals surface area contributed by atoms with E-state index in [0.717, 1.165) is 22.5 Å². The Labute approximate surface area is 187 Å². The van der Waals surface area contributed by atoms with Crippen molar-refractivity contribution in [3.8, 4) is 28.7 Å². The first-order valence-electron chi connectivity index (χ1n) is 10.3. The van der Waals surface area contributed by atoms with Crippen LogP contribution in [-0.4, -0.2) is 15.3 Å². The highest BCUT2D eigenvalue weighted by Crippen LogP contribution is 2.44. The van der Waals surface area contributed by atoms with E-state index >= 15 is 0 Å². The lowest BCUT2D eigenvalue weighted by atomic mass is 10.1. The Morgan fingerprint density at radius 1 is 0.625 bits per heavy atom. The zero-order valence-corrected chi connectivity index (χ0v) is 18.2. The summed E-state index contributed by atoms with van der Waals surface area (Å²) >= 11 is 0. The topological polar surface area (TPSA) is 73.2 Å². The highest BCUT2D eigenvalue weighted by molar-refractivity contribution is 5.82. The van der Waals surface area contributed by atoms with E-state index in [4.69, 9.17) is 4.74 Å². The lowest BCUT2D eigenvalue weighted by molar-refractivity contribution is 0.448. The third-order valence-corrected chi connectivity index (χ3v) is 5.19. The van der Waals surface area contributed by atoms with E-state index in [0.29, 0.717) is 22.7 Å². The monoisotopic (exact) mass is 427 g/mol. The van der Waals surface area contributed by atoms with Crippen LogP contribution in [0.3, 0.4) is 0 Å². The minimum atomic E-state index is 0.143. The number of rotatable bonds is 5. The van der Waals surface area contributed by atoms with Crippen molar-refractivity contribution in [2.75, 3.05) is 4.90 Å². The summed E-state index contributed by atoms with van der Waals surface area (Å²) in [6, 6.07) is 23.3. The molecule has 0 aliphatic heterocycles. The number of phenols is 3. The van der Waals surface area contributed by atoms with Gasteiger partial charge in [0.25, 0.3) is 0 Å². The maximum atomic E-state index is 10.3. The molecule has 0 aliphatic rings. The molecule has 0 amide bonds. The minimum Gasteiger partial charge on any atom is -0.508 e. The van der Waals surface area contributed by atoms with Crippen LogP contribution in [0.5, 0.6) is 28.7 Å². The molecule has 0 aromatic heterocycles. The van der Waals surface area contributed by atoms with Crippen molar-refractivity contribution in [3.05, 3.63) is 95.6 Å². The molecule has 4 rings (SSSR count). The van der Waals surface area contributed by atoms with Crippen molar-refractivity contribution in [2.45, 2.75) is 20.8 Å². The van der Waals surface area contributed by atoms with Crippen molar-refractivity contribution in [3.63, 3.8) is 0 Å². The fraction of sp³-hybridized carbons (Fsp3) is 0.111. The van der Waals surface area contributed by atoms with Gasteiger partial charge in [-0.2, -0.15) is 0 Å². The van der Waals surface area contributed by atoms with Crippen LogP contribution >= 0.6 is 0 Å². The Bertz CT molecular complexity index is 1190. The van der Waals surface area contributed by atoms with E-state index in [1.807, 2.05) is 55.1 Å². The van der Waals surface area contributed by atoms with E-state index in [2.05, 4.69) is 0 Å². The first-order valence-corrected chi connectivity index (χ1v) is 10.3. The van der Waals surface area contributed by atoms with Gasteiger partial charge in [-0.05, 0) is 80.4 Å². The fourth-order valence-electron chi connectivity index (χ4n) is 3.73. The Morgan fingerprint density at radius 2 is 1.19 bits per heavy atom. The molecule has 32 heavy (non-hydrogen) atoms. The normalized spacial score (nSPS) is 10.7. The molecule has 0 aliphatic carbocycles. The van der Waals surface area contributed by atoms with Gasteiger partial charge in [0.1, 0.15) is 23.0 Å². The van der Waals surface area contributed by atoms with Gasteiger partial charge in [0.05, 0.1) is 17.1 Å². The maximum Gasteiger partial charge on any atom is 0.151 e. The number of aryl methyl sites for hydroxylation is 2. The Balaban J connectivity index is 1.91. The van der Waals surface area contributed by atoms with Crippen molar-refractivity contribution < 1.29 is 20.1 Å². The lowest BCUT2D eigenvalue weighted by Gasteiger charge is -2.28. The third-order valence-electron chi connectivity index (χ3n) is 5.19. The molecule has 0 bridgehead atoms. The standard InChI is InChI=1S/C27H25NO4/c1-17-11-20(15-22(29)13-17)28(21-12-18(2)14-23(30)16-21)24-7-4-5-9-27(24)32-26-10-6-8-25(31)19(26)3/h4-16,29-31H,1-3H3. The zero-order chi connectivity index (χ0) is 22.8. The molecule has 4 aromatic carbocycles. The summed E-state index contributed by atoms with van der Waals surface area (Å²) < 4.78 is 6.24. The number of anilines is 3. The summed E-state index contributed by atoms with van der Waals surface area (Å²) in [6.07, 6.45) is 0. The van der Waals surface area contributed by atoms with Crippen LogP contribution in [0.2, 0.25) is 0 Å².